The second-order valence-electron chi connectivity index (χ2n) is 4.71. The molecule has 2 N–H and O–H groups in total. The minimum atomic E-state index is -0.172. The largest absolute Gasteiger partial charge is 0.381 e. The second-order valence-corrected chi connectivity index (χ2v) is 4.71. The van der Waals surface area contributed by atoms with Crippen molar-refractivity contribution in [2.24, 2.45) is 0 Å². The van der Waals surface area contributed by atoms with Crippen LogP contribution < -0.4 is 10.6 Å². The summed E-state index contributed by atoms with van der Waals surface area (Å²) in [6.07, 6.45) is 6.12. The van der Waals surface area contributed by atoms with Crippen LogP contribution in [0.5, 0.6) is 0 Å². The first-order valence-corrected chi connectivity index (χ1v) is 6.62. The van der Waals surface area contributed by atoms with Crippen molar-refractivity contribution in [3.8, 4) is 0 Å². The highest BCUT2D eigenvalue weighted by atomic mass is 16.5. The molecule has 1 amide bonds. The van der Waals surface area contributed by atoms with Gasteiger partial charge in [-0.05, 0) is 19.3 Å². The number of carbonyl (C=O) groups excluding carboxylic acids is 1. The van der Waals surface area contributed by atoms with Crippen LogP contribution in [0.25, 0.3) is 0 Å². The second kappa shape index (κ2) is 6.47. The van der Waals surface area contributed by atoms with Gasteiger partial charge in [0, 0.05) is 19.7 Å². The molecule has 1 fully saturated rings. The average Bonchev–Trinajstić information content (AvgIpc) is 2.40. The Morgan fingerprint density at radius 1 is 1.42 bits per heavy atom. The summed E-state index contributed by atoms with van der Waals surface area (Å²) in [6.45, 7) is 2.93. The molecule has 1 saturated carbocycles. The minimum absolute atomic E-state index is 0.172. The van der Waals surface area contributed by atoms with Gasteiger partial charge in [-0.15, -0.1) is 0 Å². The first-order valence-electron chi connectivity index (χ1n) is 6.62. The lowest BCUT2D eigenvalue weighted by molar-refractivity contribution is 0.0175. The molecule has 0 unspecified atom stereocenters. The lowest BCUT2D eigenvalue weighted by Gasteiger charge is -2.34. The van der Waals surface area contributed by atoms with Gasteiger partial charge in [-0.1, -0.05) is 6.92 Å². The Labute approximate surface area is 113 Å². The van der Waals surface area contributed by atoms with Gasteiger partial charge in [-0.2, -0.15) is 0 Å². The molecule has 104 valence electrons. The highest BCUT2D eigenvalue weighted by Crippen LogP contribution is 2.22. The van der Waals surface area contributed by atoms with Crippen LogP contribution in [-0.2, 0) is 4.74 Å². The molecule has 1 aliphatic carbocycles. The first-order chi connectivity index (χ1) is 9.22. The number of hydrogen-bond donors (Lipinski definition) is 2. The van der Waals surface area contributed by atoms with E-state index >= 15 is 0 Å². The van der Waals surface area contributed by atoms with E-state index in [1.54, 1.807) is 13.3 Å². The summed E-state index contributed by atoms with van der Waals surface area (Å²) in [5.74, 6) is 0.524. The summed E-state index contributed by atoms with van der Waals surface area (Å²) in [6, 6.07) is 0.192. The molecule has 0 atom stereocenters. The third kappa shape index (κ3) is 3.64. The molecular formula is C13H20N4O2. The Morgan fingerprint density at radius 3 is 2.79 bits per heavy atom. The van der Waals surface area contributed by atoms with Gasteiger partial charge in [-0.25, -0.2) is 9.97 Å². The van der Waals surface area contributed by atoms with Crippen molar-refractivity contribution in [1.82, 2.24) is 15.3 Å². The van der Waals surface area contributed by atoms with Crippen LogP contribution in [0.15, 0.2) is 12.4 Å². The topological polar surface area (TPSA) is 76.1 Å². The number of hydrogen-bond acceptors (Lipinski definition) is 5. The Hall–Kier alpha value is -1.69. The van der Waals surface area contributed by atoms with Crippen LogP contribution in [0, 0.1) is 0 Å². The minimum Gasteiger partial charge on any atom is -0.381 e. The molecule has 1 aliphatic rings. The van der Waals surface area contributed by atoms with Crippen molar-refractivity contribution in [2.45, 2.75) is 38.3 Å². The van der Waals surface area contributed by atoms with Crippen LogP contribution in [0.2, 0.25) is 0 Å². The zero-order chi connectivity index (χ0) is 13.7. The number of methoxy groups -OCH3 is 1. The number of anilines is 1. The fraction of sp³-hybridized carbons (Fsp3) is 0.615. The maximum Gasteiger partial charge on any atom is 0.271 e. The van der Waals surface area contributed by atoms with Crippen LogP contribution in [0.1, 0.15) is 36.7 Å². The van der Waals surface area contributed by atoms with Crippen molar-refractivity contribution in [3.63, 3.8) is 0 Å². The van der Waals surface area contributed by atoms with Crippen molar-refractivity contribution in [2.75, 3.05) is 19.0 Å². The van der Waals surface area contributed by atoms with Crippen LogP contribution >= 0.6 is 0 Å². The van der Waals surface area contributed by atoms with Gasteiger partial charge in [0.15, 0.2) is 0 Å². The van der Waals surface area contributed by atoms with Gasteiger partial charge in [0.25, 0.3) is 5.91 Å². The molecule has 0 aliphatic heterocycles. The molecule has 1 heterocycles. The molecule has 6 nitrogen and oxygen atoms in total. The number of nitrogens with one attached hydrogen (secondary N) is 2. The Bertz CT molecular complexity index is 415. The third-order valence-corrected chi connectivity index (χ3v) is 3.20. The van der Waals surface area contributed by atoms with E-state index in [2.05, 4.69) is 27.5 Å². The van der Waals surface area contributed by atoms with Gasteiger partial charge < -0.3 is 15.4 Å². The van der Waals surface area contributed by atoms with Crippen molar-refractivity contribution < 1.29 is 9.53 Å². The van der Waals surface area contributed by atoms with Gasteiger partial charge in [-0.3, -0.25) is 4.79 Å². The van der Waals surface area contributed by atoms with E-state index in [-0.39, 0.29) is 18.1 Å². The van der Waals surface area contributed by atoms with E-state index in [4.69, 9.17) is 4.74 Å². The number of carbonyl (C=O) groups is 1. The molecule has 1 aromatic heterocycles. The monoisotopic (exact) mass is 264 g/mol. The number of rotatable bonds is 6. The van der Waals surface area contributed by atoms with Gasteiger partial charge in [0.1, 0.15) is 11.5 Å². The molecular weight excluding hydrogens is 244 g/mol. The van der Waals surface area contributed by atoms with Gasteiger partial charge in [0.05, 0.1) is 18.5 Å². The molecule has 0 saturated heterocycles. The Balaban J connectivity index is 1.82. The maximum atomic E-state index is 11.9. The molecule has 0 aromatic carbocycles. The van der Waals surface area contributed by atoms with Crippen LogP contribution in [-0.4, -0.2) is 41.7 Å². The van der Waals surface area contributed by atoms with E-state index in [9.17, 15) is 4.79 Å². The van der Waals surface area contributed by atoms with Gasteiger partial charge in [0.2, 0.25) is 0 Å². The molecule has 0 spiro atoms. The SMILES string of the molecule is CCCNc1cnc(C(=O)NC2CC(OC)C2)cn1. The number of ether oxygens (including phenoxy) is 1. The highest BCUT2D eigenvalue weighted by Gasteiger charge is 2.30. The summed E-state index contributed by atoms with van der Waals surface area (Å²) in [5.41, 5.74) is 0.350. The van der Waals surface area contributed by atoms with Crippen molar-refractivity contribution in [1.29, 1.82) is 0 Å². The van der Waals surface area contributed by atoms with E-state index < -0.39 is 0 Å². The van der Waals surface area contributed by atoms with E-state index in [0.717, 1.165) is 25.8 Å². The molecule has 1 aromatic rings. The lowest BCUT2D eigenvalue weighted by Crippen LogP contribution is -2.47. The van der Waals surface area contributed by atoms with Crippen LogP contribution in [0.4, 0.5) is 5.82 Å². The summed E-state index contributed by atoms with van der Waals surface area (Å²) < 4.78 is 5.17. The fourth-order valence-electron chi connectivity index (χ4n) is 1.92. The zero-order valence-electron chi connectivity index (χ0n) is 11.3. The molecule has 0 radical (unpaired) electrons. The lowest BCUT2D eigenvalue weighted by atomic mass is 9.89. The number of aromatic nitrogens is 2. The van der Waals surface area contributed by atoms with E-state index in [1.807, 2.05) is 0 Å². The highest BCUT2D eigenvalue weighted by molar-refractivity contribution is 5.92. The molecule has 6 heteroatoms. The Morgan fingerprint density at radius 2 is 2.21 bits per heavy atom. The molecule has 19 heavy (non-hydrogen) atoms. The number of nitrogens with zero attached hydrogens (tertiary/aromatic N) is 2. The Kier molecular flexibility index (Phi) is 4.68. The smallest absolute Gasteiger partial charge is 0.271 e. The summed E-state index contributed by atoms with van der Waals surface area (Å²) in [7, 11) is 1.69. The zero-order valence-corrected chi connectivity index (χ0v) is 11.3. The standard InChI is InChI=1S/C13H20N4O2/c1-3-4-14-12-8-15-11(7-16-12)13(18)17-9-5-10(6-9)19-2/h7-10H,3-6H2,1-2H3,(H,14,16)(H,17,18). The quantitative estimate of drug-likeness (QED) is 0.807. The number of amides is 1. The predicted octanol–water partition coefficient (Wildman–Crippen LogP) is 1.21. The normalized spacial score (nSPS) is 21.6. The van der Waals surface area contributed by atoms with Crippen LogP contribution in [0.3, 0.4) is 0 Å². The van der Waals surface area contributed by atoms with Crippen molar-refractivity contribution in [3.05, 3.63) is 18.1 Å². The van der Waals surface area contributed by atoms with Gasteiger partial charge >= 0.3 is 0 Å². The van der Waals surface area contributed by atoms with E-state index in [1.165, 1.54) is 6.20 Å². The fourth-order valence-corrected chi connectivity index (χ4v) is 1.92. The first kappa shape index (κ1) is 13.7. The van der Waals surface area contributed by atoms with Crippen molar-refractivity contribution >= 4 is 11.7 Å². The summed E-state index contributed by atoms with van der Waals surface area (Å²) in [4.78, 5) is 20.2. The molecule has 2 rings (SSSR count). The van der Waals surface area contributed by atoms with E-state index in [0.29, 0.717) is 11.5 Å². The molecule has 0 bridgehead atoms. The maximum absolute atomic E-state index is 11.9. The summed E-state index contributed by atoms with van der Waals surface area (Å²) >= 11 is 0. The third-order valence-electron chi connectivity index (χ3n) is 3.20. The predicted molar refractivity (Wildman–Crippen MR) is 72.1 cm³/mol. The average molecular weight is 264 g/mol. The summed E-state index contributed by atoms with van der Waals surface area (Å²) in [5, 5.41) is 6.03.